The molecule has 26 heavy (non-hydrogen) atoms. The molecule has 0 aromatic carbocycles. The number of aromatic nitrogens is 1. The van der Waals surface area contributed by atoms with E-state index >= 15 is 0 Å². The highest BCUT2D eigenvalue weighted by Gasteiger charge is 2.32. The highest BCUT2D eigenvalue weighted by molar-refractivity contribution is 7.09. The van der Waals surface area contributed by atoms with Gasteiger partial charge in [-0.3, -0.25) is 9.69 Å². The Morgan fingerprint density at radius 1 is 1.19 bits per heavy atom. The highest BCUT2D eigenvalue weighted by Crippen LogP contribution is 2.36. The van der Waals surface area contributed by atoms with E-state index < -0.39 is 0 Å². The number of carbonyl (C=O) groups excluding carboxylic acids is 1. The number of hydrogen-bond acceptors (Lipinski definition) is 5. The van der Waals surface area contributed by atoms with Crippen LogP contribution < -0.4 is 0 Å². The second-order valence-electron chi connectivity index (χ2n) is 7.64. The molecule has 2 fully saturated rings. The lowest BCUT2D eigenvalue weighted by molar-refractivity contribution is 0.0743. The molecule has 3 heterocycles. The van der Waals surface area contributed by atoms with Crippen LogP contribution in [-0.2, 0) is 0 Å². The number of rotatable bonds is 3. The molecule has 5 nitrogen and oxygen atoms in total. The Balaban J connectivity index is 1.44. The van der Waals surface area contributed by atoms with Gasteiger partial charge in [0.1, 0.15) is 5.69 Å². The first-order chi connectivity index (χ1) is 12.8. The number of likely N-dealkylation sites (tertiary alicyclic amines) is 2. The average Bonchev–Trinajstić information content (AvgIpc) is 3.18. The van der Waals surface area contributed by atoms with Crippen LogP contribution in [0.2, 0.25) is 0 Å². The second kappa shape index (κ2) is 7.89. The summed E-state index contributed by atoms with van der Waals surface area (Å²) in [5, 5.41) is 11.9. The van der Waals surface area contributed by atoms with E-state index in [1.54, 1.807) is 11.3 Å². The number of hydrogen-bond donors (Lipinski definition) is 0. The topological polar surface area (TPSA) is 60.2 Å². The molecule has 1 amide bonds. The van der Waals surface area contributed by atoms with Crippen molar-refractivity contribution in [2.45, 2.75) is 50.9 Å². The molecule has 1 aliphatic carbocycles. The van der Waals surface area contributed by atoms with Gasteiger partial charge in [0.15, 0.2) is 0 Å². The van der Waals surface area contributed by atoms with E-state index in [9.17, 15) is 4.79 Å². The standard InChI is InChI=1S/C20H26N4OS/c21-9-13-23-11-7-16(8-12-23)19-22-17(14-26-19)20(25)24-10-3-5-15-4-1-2-6-18(15)24/h6,14-16H,1-5,7-8,10-13H2. The van der Waals surface area contributed by atoms with Crippen molar-refractivity contribution in [1.82, 2.24) is 14.8 Å². The van der Waals surface area contributed by atoms with Gasteiger partial charge in [-0.25, -0.2) is 4.98 Å². The van der Waals surface area contributed by atoms with Crippen LogP contribution in [0.1, 0.15) is 66.4 Å². The number of nitrogens with zero attached hydrogens (tertiary/aromatic N) is 4. The third-order valence-electron chi connectivity index (χ3n) is 5.99. The smallest absolute Gasteiger partial charge is 0.277 e. The summed E-state index contributed by atoms with van der Waals surface area (Å²) in [6, 6.07) is 2.23. The number of thiazole rings is 1. The largest absolute Gasteiger partial charge is 0.311 e. The highest BCUT2D eigenvalue weighted by atomic mass is 32.1. The number of allylic oxidation sites excluding steroid dienone is 2. The van der Waals surface area contributed by atoms with Crippen molar-refractivity contribution in [1.29, 1.82) is 5.26 Å². The predicted molar refractivity (Wildman–Crippen MR) is 102 cm³/mol. The third kappa shape index (κ3) is 3.56. The number of piperidine rings is 2. The fourth-order valence-electron chi connectivity index (χ4n) is 4.54. The summed E-state index contributed by atoms with van der Waals surface area (Å²) in [7, 11) is 0. The molecule has 3 aliphatic rings. The van der Waals surface area contributed by atoms with Gasteiger partial charge in [0, 0.05) is 23.5 Å². The molecule has 0 N–H and O–H groups in total. The monoisotopic (exact) mass is 370 g/mol. The Morgan fingerprint density at radius 3 is 2.81 bits per heavy atom. The summed E-state index contributed by atoms with van der Waals surface area (Å²) in [5.41, 5.74) is 1.88. The molecule has 4 rings (SSSR count). The zero-order valence-corrected chi connectivity index (χ0v) is 16.0. The van der Waals surface area contributed by atoms with Gasteiger partial charge in [-0.2, -0.15) is 5.26 Å². The Bertz CT molecular complexity index is 726. The first-order valence-corrected chi connectivity index (χ1v) is 10.7. The molecule has 1 aromatic rings. The fourth-order valence-corrected chi connectivity index (χ4v) is 5.51. The van der Waals surface area contributed by atoms with Crippen LogP contribution in [0.5, 0.6) is 0 Å². The van der Waals surface area contributed by atoms with E-state index in [2.05, 4.69) is 17.0 Å². The van der Waals surface area contributed by atoms with Gasteiger partial charge < -0.3 is 4.90 Å². The molecule has 2 saturated heterocycles. The number of fused-ring (bicyclic) bond motifs is 1. The maximum atomic E-state index is 13.1. The van der Waals surface area contributed by atoms with Crippen molar-refractivity contribution in [2.24, 2.45) is 5.92 Å². The molecule has 6 heteroatoms. The van der Waals surface area contributed by atoms with E-state index in [4.69, 9.17) is 10.2 Å². The lowest BCUT2D eigenvalue weighted by atomic mass is 9.85. The van der Waals surface area contributed by atoms with E-state index in [1.807, 2.05) is 10.3 Å². The van der Waals surface area contributed by atoms with Gasteiger partial charge in [-0.05, 0) is 64.0 Å². The maximum absolute atomic E-state index is 13.1. The summed E-state index contributed by atoms with van der Waals surface area (Å²) in [6.45, 7) is 3.24. The Kier molecular flexibility index (Phi) is 5.37. The van der Waals surface area contributed by atoms with Crippen molar-refractivity contribution in [3.8, 4) is 6.07 Å². The fraction of sp³-hybridized carbons (Fsp3) is 0.650. The van der Waals surface area contributed by atoms with Crippen LogP contribution in [0.15, 0.2) is 17.2 Å². The molecule has 138 valence electrons. The second-order valence-corrected chi connectivity index (χ2v) is 8.53. The molecule has 1 aromatic heterocycles. The van der Waals surface area contributed by atoms with Crippen LogP contribution in [0.3, 0.4) is 0 Å². The molecule has 0 bridgehead atoms. The lowest BCUT2D eigenvalue weighted by Gasteiger charge is -2.37. The number of nitriles is 1. The van der Waals surface area contributed by atoms with E-state index in [0.29, 0.717) is 24.1 Å². The lowest BCUT2D eigenvalue weighted by Crippen LogP contribution is -2.39. The van der Waals surface area contributed by atoms with Crippen LogP contribution >= 0.6 is 11.3 Å². The molecule has 1 unspecified atom stereocenters. The zero-order valence-electron chi connectivity index (χ0n) is 15.2. The minimum absolute atomic E-state index is 0.0901. The third-order valence-corrected chi connectivity index (χ3v) is 7.00. The summed E-state index contributed by atoms with van der Waals surface area (Å²) < 4.78 is 0. The van der Waals surface area contributed by atoms with Gasteiger partial charge in [-0.15, -0.1) is 11.3 Å². The summed E-state index contributed by atoms with van der Waals surface area (Å²) in [5.74, 6) is 1.09. The van der Waals surface area contributed by atoms with Gasteiger partial charge in [-0.1, -0.05) is 6.08 Å². The Morgan fingerprint density at radius 2 is 2.00 bits per heavy atom. The van der Waals surface area contributed by atoms with Crippen LogP contribution in [-0.4, -0.2) is 46.9 Å². The molecule has 0 saturated carbocycles. The minimum Gasteiger partial charge on any atom is -0.311 e. The summed E-state index contributed by atoms with van der Waals surface area (Å²) >= 11 is 1.63. The van der Waals surface area contributed by atoms with Crippen molar-refractivity contribution in [3.05, 3.63) is 27.9 Å². The molecular weight excluding hydrogens is 344 g/mol. The summed E-state index contributed by atoms with van der Waals surface area (Å²) in [4.78, 5) is 22.0. The van der Waals surface area contributed by atoms with Gasteiger partial charge in [0.25, 0.3) is 5.91 Å². The van der Waals surface area contributed by atoms with Gasteiger partial charge in [0.2, 0.25) is 0 Å². The molecule has 0 spiro atoms. The van der Waals surface area contributed by atoms with Crippen molar-refractivity contribution < 1.29 is 4.79 Å². The van der Waals surface area contributed by atoms with Crippen molar-refractivity contribution in [2.75, 3.05) is 26.2 Å². The van der Waals surface area contributed by atoms with Crippen LogP contribution in [0.4, 0.5) is 0 Å². The van der Waals surface area contributed by atoms with E-state index in [1.165, 1.54) is 25.0 Å². The van der Waals surface area contributed by atoms with Gasteiger partial charge in [0.05, 0.1) is 17.6 Å². The number of amides is 1. The first-order valence-electron chi connectivity index (χ1n) is 9.83. The van der Waals surface area contributed by atoms with Crippen molar-refractivity contribution in [3.63, 3.8) is 0 Å². The molecule has 1 atom stereocenters. The Hall–Kier alpha value is -1.71. The SMILES string of the molecule is N#CCN1CCC(c2nc(C(=O)N3CCCC4CCCC=C43)cs2)CC1. The van der Waals surface area contributed by atoms with Crippen LogP contribution in [0, 0.1) is 17.2 Å². The zero-order chi connectivity index (χ0) is 17.9. The predicted octanol–water partition coefficient (Wildman–Crippen LogP) is 3.77. The Labute approximate surface area is 159 Å². The molecule has 2 aliphatic heterocycles. The average molecular weight is 371 g/mol. The quantitative estimate of drug-likeness (QED) is 0.760. The first kappa shape index (κ1) is 17.7. The number of carbonyl (C=O) groups is 1. The van der Waals surface area contributed by atoms with Gasteiger partial charge >= 0.3 is 0 Å². The molecule has 0 radical (unpaired) electrons. The normalized spacial score (nSPS) is 24.7. The summed E-state index contributed by atoms with van der Waals surface area (Å²) in [6.07, 6.45) is 10.2. The minimum atomic E-state index is 0.0901. The van der Waals surface area contributed by atoms with E-state index in [-0.39, 0.29) is 5.91 Å². The van der Waals surface area contributed by atoms with Crippen LogP contribution in [0.25, 0.3) is 0 Å². The maximum Gasteiger partial charge on any atom is 0.277 e. The molecular formula is C20H26N4OS. The van der Waals surface area contributed by atoms with Crippen molar-refractivity contribution >= 4 is 17.2 Å². The van der Waals surface area contributed by atoms with E-state index in [0.717, 1.165) is 50.3 Å².